The fourth-order valence-electron chi connectivity index (χ4n) is 3.76. The van der Waals surface area contributed by atoms with Crippen molar-refractivity contribution in [1.82, 2.24) is 9.97 Å². The van der Waals surface area contributed by atoms with Gasteiger partial charge in [-0.05, 0) is 31.9 Å². The van der Waals surface area contributed by atoms with Crippen LogP contribution >= 0.6 is 0 Å². The van der Waals surface area contributed by atoms with Crippen molar-refractivity contribution in [3.05, 3.63) is 66.5 Å². The Balaban J connectivity index is 1.39. The second kappa shape index (κ2) is 8.95. The second-order valence-corrected chi connectivity index (χ2v) is 7.58. The molecule has 0 saturated carbocycles. The molecule has 0 unspecified atom stereocenters. The molecule has 2 aromatic carbocycles. The van der Waals surface area contributed by atoms with Crippen LogP contribution in [0.5, 0.6) is 5.75 Å². The number of methoxy groups -OCH3 is 1. The molecule has 0 aliphatic carbocycles. The van der Waals surface area contributed by atoms with Crippen LogP contribution in [0, 0.1) is 12.8 Å². The molecule has 0 radical (unpaired) electrons. The number of ether oxygens (including phenoxy) is 1. The van der Waals surface area contributed by atoms with E-state index in [0.717, 1.165) is 43.0 Å². The Morgan fingerprint density at radius 3 is 2.53 bits per heavy atom. The number of piperidine rings is 1. The number of hydrogen-bond acceptors (Lipinski definition) is 5. The quantitative estimate of drug-likeness (QED) is 0.689. The number of rotatable bonds is 5. The number of nitrogens with one attached hydrogen (secondary N) is 1. The van der Waals surface area contributed by atoms with E-state index in [0.29, 0.717) is 11.4 Å². The standard InChI is InChI=1S/C24H26N4O2/c1-17-7-9-18(10-8-17)21-15-23(26-16-25-21)28-13-11-19(12-14-28)24(29)27-20-5-3-4-6-22(20)30-2/h3-10,15-16,19H,11-14H2,1-2H3,(H,27,29). The highest BCUT2D eigenvalue weighted by Gasteiger charge is 2.26. The van der Waals surface area contributed by atoms with Crippen molar-refractivity contribution >= 4 is 17.4 Å². The molecule has 4 rings (SSSR count). The first-order chi connectivity index (χ1) is 14.6. The van der Waals surface area contributed by atoms with Gasteiger partial charge >= 0.3 is 0 Å². The normalized spacial score (nSPS) is 14.4. The number of carbonyl (C=O) groups excluding carboxylic acids is 1. The van der Waals surface area contributed by atoms with E-state index in [1.807, 2.05) is 30.3 Å². The molecule has 154 valence electrons. The number of benzene rings is 2. The number of aromatic nitrogens is 2. The zero-order chi connectivity index (χ0) is 20.9. The maximum Gasteiger partial charge on any atom is 0.227 e. The number of anilines is 2. The Morgan fingerprint density at radius 2 is 1.80 bits per heavy atom. The number of amides is 1. The Bertz CT molecular complexity index is 1010. The number of hydrogen-bond donors (Lipinski definition) is 1. The van der Waals surface area contributed by atoms with Gasteiger partial charge in [-0.1, -0.05) is 42.0 Å². The lowest BCUT2D eigenvalue weighted by Crippen LogP contribution is -2.38. The summed E-state index contributed by atoms with van der Waals surface area (Å²) >= 11 is 0. The summed E-state index contributed by atoms with van der Waals surface area (Å²) in [7, 11) is 1.61. The molecule has 30 heavy (non-hydrogen) atoms. The smallest absolute Gasteiger partial charge is 0.227 e. The fourth-order valence-corrected chi connectivity index (χ4v) is 3.76. The van der Waals surface area contributed by atoms with Crippen LogP contribution in [0.1, 0.15) is 18.4 Å². The first-order valence-corrected chi connectivity index (χ1v) is 10.2. The van der Waals surface area contributed by atoms with Crippen molar-refractivity contribution < 1.29 is 9.53 Å². The van der Waals surface area contributed by atoms with Gasteiger partial charge in [0.1, 0.15) is 17.9 Å². The van der Waals surface area contributed by atoms with Crippen molar-refractivity contribution in [1.29, 1.82) is 0 Å². The van der Waals surface area contributed by atoms with Crippen molar-refractivity contribution in [2.45, 2.75) is 19.8 Å². The molecule has 3 aromatic rings. The minimum atomic E-state index is -0.0235. The van der Waals surface area contributed by atoms with Gasteiger partial charge in [-0.2, -0.15) is 0 Å². The molecule has 6 nitrogen and oxygen atoms in total. The van der Waals surface area contributed by atoms with Gasteiger partial charge in [0, 0.05) is 30.6 Å². The molecule has 0 atom stereocenters. The van der Waals surface area contributed by atoms with E-state index in [2.05, 4.69) is 51.4 Å². The molecule has 0 spiro atoms. The Hall–Kier alpha value is -3.41. The molecule has 1 fully saturated rings. The predicted octanol–water partition coefficient (Wildman–Crippen LogP) is 4.32. The van der Waals surface area contributed by atoms with Gasteiger partial charge in [0.25, 0.3) is 0 Å². The summed E-state index contributed by atoms with van der Waals surface area (Å²) in [5, 5.41) is 3.01. The number of para-hydroxylation sites is 2. The molecular weight excluding hydrogens is 376 g/mol. The highest BCUT2D eigenvalue weighted by Crippen LogP contribution is 2.28. The average molecular weight is 402 g/mol. The SMILES string of the molecule is COc1ccccc1NC(=O)C1CCN(c2cc(-c3ccc(C)cc3)ncn2)CC1. The molecule has 1 aromatic heterocycles. The van der Waals surface area contributed by atoms with Gasteiger partial charge in [-0.15, -0.1) is 0 Å². The topological polar surface area (TPSA) is 67.3 Å². The van der Waals surface area contributed by atoms with Gasteiger partial charge < -0.3 is 15.0 Å². The van der Waals surface area contributed by atoms with E-state index >= 15 is 0 Å². The van der Waals surface area contributed by atoms with E-state index in [9.17, 15) is 4.79 Å². The first-order valence-electron chi connectivity index (χ1n) is 10.2. The van der Waals surface area contributed by atoms with Crippen LogP contribution in [0.3, 0.4) is 0 Å². The molecule has 1 saturated heterocycles. The zero-order valence-corrected chi connectivity index (χ0v) is 17.3. The van der Waals surface area contributed by atoms with Gasteiger partial charge in [0.2, 0.25) is 5.91 Å². The highest BCUT2D eigenvalue weighted by atomic mass is 16.5. The Kier molecular flexibility index (Phi) is 5.93. The summed E-state index contributed by atoms with van der Waals surface area (Å²) in [5.74, 6) is 1.60. The van der Waals surface area contributed by atoms with Crippen LogP contribution in [-0.4, -0.2) is 36.1 Å². The Morgan fingerprint density at radius 1 is 1.07 bits per heavy atom. The summed E-state index contributed by atoms with van der Waals surface area (Å²) in [5.41, 5.74) is 3.93. The zero-order valence-electron chi connectivity index (χ0n) is 17.3. The number of nitrogens with zero attached hydrogens (tertiary/aromatic N) is 3. The predicted molar refractivity (Wildman–Crippen MR) is 119 cm³/mol. The molecule has 1 aliphatic rings. The van der Waals surface area contributed by atoms with Crippen LogP contribution in [0.15, 0.2) is 60.9 Å². The highest BCUT2D eigenvalue weighted by molar-refractivity contribution is 5.94. The van der Waals surface area contributed by atoms with Crippen LogP contribution < -0.4 is 15.0 Å². The average Bonchev–Trinajstić information content (AvgIpc) is 2.80. The van der Waals surface area contributed by atoms with Crippen molar-refractivity contribution in [3.63, 3.8) is 0 Å². The van der Waals surface area contributed by atoms with E-state index in [1.165, 1.54) is 5.56 Å². The third kappa shape index (κ3) is 4.43. The molecular formula is C24H26N4O2. The number of carbonyl (C=O) groups is 1. The van der Waals surface area contributed by atoms with Crippen LogP contribution in [0.4, 0.5) is 11.5 Å². The molecule has 1 aliphatic heterocycles. The molecule has 0 bridgehead atoms. The maximum atomic E-state index is 12.7. The van der Waals surface area contributed by atoms with Gasteiger partial charge in [-0.25, -0.2) is 9.97 Å². The first kappa shape index (κ1) is 19.9. The van der Waals surface area contributed by atoms with E-state index in [-0.39, 0.29) is 11.8 Å². The summed E-state index contributed by atoms with van der Waals surface area (Å²) in [6, 6.07) is 17.8. The van der Waals surface area contributed by atoms with Crippen LogP contribution in [0.25, 0.3) is 11.3 Å². The minimum Gasteiger partial charge on any atom is -0.495 e. The van der Waals surface area contributed by atoms with E-state index in [4.69, 9.17) is 4.74 Å². The minimum absolute atomic E-state index is 0.0235. The van der Waals surface area contributed by atoms with Crippen molar-refractivity contribution in [2.75, 3.05) is 30.4 Å². The van der Waals surface area contributed by atoms with Gasteiger partial charge in [-0.3, -0.25) is 4.79 Å². The van der Waals surface area contributed by atoms with Gasteiger partial charge in [0.15, 0.2) is 0 Å². The van der Waals surface area contributed by atoms with Crippen molar-refractivity contribution in [3.8, 4) is 17.0 Å². The molecule has 1 N–H and O–H groups in total. The largest absolute Gasteiger partial charge is 0.495 e. The summed E-state index contributed by atoms with van der Waals surface area (Å²) < 4.78 is 5.33. The summed E-state index contributed by atoms with van der Waals surface area (Å²) in [6.45, 7) is 3.64. The monoisotopic (exact) mass is 402 g/mol. The summed E-state index contributed by atoms with van der Waals surface area (Å²) in [6.07, 6.45) is 3.18. The number of aryl methyl sites for hydroxylation is 1. The Labute approximate surface area is 176 Å². The van der Waals surface area contributed by atoms with Crippen LogP contribution in [0.2, 0.25) is 0 Å². The maximum absolute atomic E-state index is 12.7. The molecule has 1 amide bonds. The van der Waals surface area contributed by atoms with E-state index in [1.54, 1.807) is 13.4 Å². The van der Waals surface area contributed by atoms with Gasteiger partial charge in [0.05, 0.1) is 18.5 Å². The molecule has 2 heterocycles. The van der Waals surface area contributed by atoms with E-state index < -0.39 is 0 Å². The fraction of sp³-hybridized carbons (Fsp3) is 0.292. The second-order valence-electron chi connectivity index (χ2n) is 7.58. The lowest BCUT2D eigenvalue weighted by atomic mass is 9.95. The van der Waals surface area contributed by atoms with Crippen LogP contribution in [-0.2, 0) is 4.79 Å². The molecule has 6 heteroatoms. The summed E-state index contributed by atoms with van der Waals surface area (Å²) in [4.78, 5) is 23.9. The van der Waals surface area contributed by atoms with Crippen molar-refractivity contribution in [2.24, 2.45) is 5.92 Å². The lowest BCUT2D eigenvalue weighted by Gasteiger charge is -2.32. The third-order valence-electron chi connectivity index (χ3n) is 5.55. The third-order valence-corrected chi connectivity index (χ3v) is 5.55. The lowest BCUT2D eigenvalue weighted by molar-refractivity contribution is -0.120.